The Morgan fingerprint density at radius 3 is 2.45 bits per heavy atom. The molecule has 7 nitrogen and oxygen atoms in total. The van der Waals surface area contributed by atoms with Crippen LogP contribution >= 0.6 is 11.8 Å². The molecule has 0 radical (unpaired) electrons. The standard InChI is InChI=1S/C21H18N2O5S/c1-28-18(24)13-17-19(25)23(12-11-14-5-3-2-4-6-14)21(29-17)22-16-9-7-15(8-10-16)20(26)27/h2-10,13H,11-12H2,1H3,(H,26,27)/b17-13+,22-21?. The summed E-state index contributed by atoms with van der Waals surface area (Å²) in [5, 5.41) is 9.43. The van der Waals surface area contributed by atoms with Gasteiger partial charge >= 0.3 is 11.9 Å². The van der Waals surface area contributed by atoms with Gasteiger partial charge in [-0.3, -0.25) is 9.69 Å². The van der Waals surface area contributed by atoms with Gasteiger partial charge in [-0.15, -0.1) is 0 Å². The van der Waals surface area contributed by atoms with Crippen LogP contribution in [0.5, 0.6) is 0 Å². The summed E-state index contributed by atoms with van der Waals surface area (Å²) in [4.78, 5) is 41.6. The van der Waals surface area contributed by atoms with Gasteiger partial charge in [0.25, 0.3) is 5.91 Å². The number of nitrogens with zero attached hydrogens (tertiary/aromatic N) is 2. The van der Waals surface area contributed by atoms with Gasteiger partial charge in [0.1, 0.15) is 0 Å². The highest BCUT2D eigenvalue weighted by molar-refractivity contribution is 8.18. The predicted octanol–water partition coefficient (Wildman–Crippen LogP) is 3.25. The molecule has 1 N–H and O–H groups in total. The predicted molar refractivity (Wildman–Crippen MR) is 110 cm³/mol. The minimum Gasteiger partial charge on any atom is -0.478 e. The molecule has 0 bridgehead atoms. The molecule has 8 heteroatoms. The first-order chi connectivity index (χ1) is 14.0. The third kappa shape index (κ3) is 5.11. The van der Waals surface area contributed by atoms with Crippen LogP contribution in [0.4, 0.5) is 5.69 Å². The number of carboxylic acids is 1. The molecule has 3 rings (SSSR count). The van der Waals surface area contributed by atoms with Crippen molar-refractivity contribution in [2.75, 3.05) is 13.7 Å². The first-order valence-corrected chi connectivity index (χ1v) is 9.55. The van der Waals surface area contributed by atoms with Crippen molar-refractivity contribution in [3.05, 3.63) is 76.7 Å². The van der Waals surface area contributed by atoms with Crippen molar-refractivity contribution in [3.63, 3.8) is 0 Å². The molecule has 2 aromatic carbocycles. The van der Waals surface area contributed by atoms with Crippen molar-refractivity contribution in [2.24, 2.45) is 4.99 Å². The summed E-state index contributed by atoms with van der Waals surface area (Å²) in [6, 6.07) is 15.8. The minimum absolute atomic E-state index is 0.149. The molecule has 1 aliphatic heterocycles. The summed E-state index contributed by atoms with van der Waals surface area (Å²) in [6.45, 7) is 0.389. The highest BCUT2D eigenvalue weighted by Gasteiger charge is 2.33. The summed E-state index contributed by atoms with van der Waals surface area (Å²) in [5.74, 6) is -1.96. The average Bonchev–Trinajstić information content (AvgIpc) is 3.01. The zero-order valence-corrected chi connectivity index (χ0v) is 16.4. The van der Waals surface area contributed by atoms with Crippen molar-refractivity contribution in [2.45, 2.75) is 6.42 Å². The number of rotatable bonds is 6. The van der Waals surface area contributed by atoms with Crippen LogP contribution in [-0.4, -0.2) is 46.7 Å². The molecular formula is C21H18N2O5S. The minimum atomic E-state index is -1.03. The van der Waals surface area contributed by atoms with Gasteiger partial charge in [0.05, 0.1) is 23.3 Å². The number of ether oxygens (including phenoxy) is 1. The highest BCUT2D eigenvalue weighted by Crippen LogP contribution is 2.33. The first kappa shape index (κ1) is 20.3. The Morgan fingerprint density at radius 2 is 1.83 bits per heavy atom. The number of benzene rings is 2. The maximum absolute atomic E-state index is 12.8. The van der Waals surface area contributed by atoms with Crippen molar-refractivity contribution >= 4 is 40.5 Å². The van der Waals surface area contributed by atoms with E-state index in [1.54, 1.807) is 12.1 Å². The fraction of sp³-hybridized carbons (Fsp3) is 0.143. The molecule has 0 spiro atoms. The first-order valence-electron chi connectivity index (χ1n) is 8.73. The number of thioether (sulfide) groups is 1. The van der Waals surface area contributed by atoms with E-state index in [0.717, 1.165) is 23.4 Å². The molecule has 0 aliphatic carbocycles. The average molecular weight is 410 g/mol. The number of carboxylic acid groups (broad SMARTS) is 1. The quantitative estimate of drug-likeness (QED) is 0.580. The number of aliphatic imine (C=N–C) groups is 1. The summed E-state index contributed by atoms with van der Waals surface area (Å²) in [7, 11) is 1.25. The fourth-order valence-electron chi connectivity index (χ4n) is 2.63. The molecule has 0 aromatic heterocycles. The number of methoxy groups -OCH3 is 1. The Hall–Kier alpha value is -3.39. The van der Waals surface area contributed by atoms with Crippen LogP contribution in [0.25, 0.3) is 0 Å². The third-order valence-electron chi connectivity index (χ3n) is 4.14. The number of amides is 1. The molecule has 1 aliphatic rings. The number of amidine groups is 1. The van der Waals surface area contributed by atoms with E-state index in [-0.39, 0.29) is 16.4 Å². The Morgan fingerprint density at radius 1 is 1.14 bits per heavy atom. The second-order valence-electron chi connectivity index (χ2n) is 6.07. The second-order valence-corrected chi connectivity index (χ2v) is 7.08. The molecule has 2 aromatic rings. The van der Waals surface area contributed by atoms with E-state index in [1.165, 1.54) is 24.1 Å². The zero-order valence-electron chi connectivity index (χ0n) is 15.6. The maximum Gasteiger partial charge on any atom is 0.335 e. The Labute approximate surface area is 171 Å². The summed E-state index contributed by atoms with van der Waals surface area (Å²) in [5.41, 5.74) is 1.73. The van der Waals surface area contributed by atoms with Crippen LogP contribution in [0, 0.1) is 0 Å². The number of carbonyl (C=O) groups excluding carboxylic acids is 2. The monoisotopic (exact) mass is 410 g/mol. The van der Waals surface area contributed by atoms with E-state index in [1.807, 2.05) is 30.3 Å². The van der Waals surface area contributed by atoms with Gasteiger partial charge in [-0.1, -0.05) is 30.3 Å². The highest BCUT2D eigenvalue weighted by atomic mass is 32.2. The van der Waals surface area contributed by atoms with Crippen LogP contribution in [0.3, 0.4) is 0 Å². The lowest BCUT2D eigenvalue weighted by Gasteiger charge is -2.15. The van der Waals surface area contributed by atoms with Crippen molar-refractivity contribution in [1.29, 1.82) is 0 Å². The second kappa shape index (κ2) is 9.20. The zero-order chi connectivity index (χ0) is 20.8. The molecule has 1 saturated heterocycles. The van der Waals surface area contributed by atoms with Crippen molar-refractivity contribution < 1.29 is 24.2 Å². The Bertz CT molecular complexity index is 984. The lowest BCUT2D eigenvalue weighted by Crippen LogP contribution is -2.31. The van der Waals surface area contributed by atoms with E-state index >= 15 is 0 Å². The van der Waals surface area contributed by atoms with Gasteiger partial charge in [-0.25, -0.2) is 14.6 Å². The smallest absolute Gasteiger partial charge is 0.335 e. The van der Waals surface area contributed by atoms with Crippen molar-refractivity contribution in [3.8, 4) is 0 Å². The fourth-order valence-corrected chi connectivity index (χ4v) is 3.61. The largest absolute Gasteiger partial charge is 0.478 e. The number of aromatic carboxylic acids is 1. The van der Waals surface area contributed by atoms with Gasteiger partial charge in [0.15, 0.2) is 5.17 Å². The van der Waals surface area contributed by atoms with Crippen LogP contribution in [0.1, 0.15) is 15.9 Å². The molecule has 0 atom stereocenters. The Balaban J connectivity index is 1.87. The van der Waals surface area contributed by atoms with E-state index in [2.05, 4.69) is 9.73 Å². The molecule has 1 heterocycles. The topological polar surface area (TPSA) is 96.3 Å². The molecule has 1 amide bonds. The SMILES string of the molecule is COC(=O)/C=C1/SC(=Nc2ccc(C(=O)O)cc2)N(CCc2ccccc2)C1=O. The van der Waals surface area contributed by atoms with Crippen LogP contribution in [-0.2, 0) is 20.7 Å². The normalized spacial score (nSPS) is 16.4. The summed E-state index contributed by atoms with van der Waals surface area (Å²) in [6.07, 6.45) is 1.77. The number of hydrogen-bond donors (Lipinski definition) is 1. The third-order valence-corrected chi connectivity index (χ3v) is 5.15. The van der Waals surface area contributed by atoms with Crippen LogP contribution in [0.2, 0.25) is 0 Å². The van der Waals surface area contributed by atoms with Crippen LogP contribution in [0.15, 0.2) is 70.6 Å². The van der Waals surface area contributed by atoms with E-state index in [0.29, 0.717) is 23.8 Å². The molecular weight excluding hydrogens is 392 g/mol. The lowest BCUT2D eigenvalue weighted by atomic mass is 10.1. The number of esters is 1. The molecule has 29 heavy (non-hydrogen) atoms. The number of carbonyl (C=O) groups is 3. The summed E-state index contributed by atoms with van der Waals surface area (Å²) < 4.78 is 4.62. The van der Waals surface area contributed by atoms with Gasteiger partial charge in [-0.2, -0.15) is 0 Å². The van der Waals surface area contributed by atoms with Gasteiger partial charge < -0.3 is 9.84 Å². The molecule has 148 valence electrons. The van der Waals surface area contributed by atoms with Gasteiger partial charge in [0.2, 0.25) is 0 Å². The van der Waals surface area contributed by atoms with Crippen LogP contribution < -0.4 is 0 Å². The van der Waals surface area contributed by atoms with E-state index < -0.39 is 11.9 Å². The molecule has 1 fully saturated rings. The van der Waals surface area contributed by atoms with E-state index in [9.17, 15) is 14.4 Å². The van der Waals surface area contributed by atoms with Crippen molar-refractivity contribution in [1.82, 2.24) is 4.90 Å². The van der Waals surface area contributed by atoms with E-state index in [4.69, 9.17) is 5.11 Å². The summed E-state index contributed by atoms with van der Waals surface area (Å²) >= 11 is 1.08. The Kier molecular flexibility index (Phi) is 6.46. The van der Waals surface area contributed by atoms with Gasteiger partial charge in [0, 0.05) is 12.6 Å². The lowest BCUT2D eigenvalue weighted by molar-refractivity contribution is -0.135. The maximum atomic E-state index is 12.8. The molecule has 0 unspecified atom stereocenters. The van der Waals surface area contributed by atoms with Gasteiger partial charge in [-0.05, 0) is 48.0 Å². The number of hydrogen-bond acceptors (Lipinski definition) is 6. The molecule has 0 saturated carbocycles.